The number of benzene rings is 2. The fourth-order valence-corrected chi connectivity index (χ4v) is 2.95. The van der Waals surface area contributed by atoms with Gasteiger partial charge < -0.3 is 5.11 Å². The van der Waals surface area contributed by atoms with Crippen molar-refractivity contribution in [2.75, 3.05) is 4.72 Å². The van der Waals surface area contributed by atoms with Crippen LogP contribution in [-0.4, -0.2) is 13.5 Å². The number of aromatic hydroxyl groups is 1. The number of nitrogens with one attached hydrogen (secondary N) is 1. The minimum atomic E-state index is -3.99. The number of hydrogen-bond donors (Lipinski definition) is 2. The molecule has 2 N–H and O–H groups in total. The standard InChI is InChI=1S/C13H9ClN2O3S/c14-10-6-5-9(8-15)7-11(10)16-20(18,19)13-4-2-1-3-12(13)17/h1-7,16-17H. The van der Waals surface area contributed by atoms with Crippen molar-refractivity contribution >= 4 is 27.3 Å². The summed E-state index contributed by atoms with van der Waals surface area (Å²) in [5.74, 6) is -0.368. The lowest BCUT2D eigenvalue weighted by atomic mass is 10.2. The van der Waals surface area contributed by atoms with Crippen molar-refractivity contribution in [1.82, 2.24) is 0 Å². The van der Waals surface area contributed by atoms with E-state index in [1.807, 2.05) is 6.07 Å². The van der Waals surface area contributed by atoms with Gasteiger partial charge in [-0.15, -0.1) is 0 Å². The van der Waals surface area contributed by atoms with Crippen molar-refractivity contribution < 1.29 is 13.5 Å². The second-order valence-corrected chi connectivity index (χ2v) is 5.94. The monoisotopic (exact) mass is 308 g/mol. The Balaban J connectivity index is 2.44. The molecule has 2 rings (SSSR count). The second-order valence-electron chi connectivity index (χ2n) is 3.88. The first-order valence-electron chi connectivity index (χ1n) is 5.44. The Kier molecular flexibility index (Phi) is 3.84. The first-order chi connectivity index (χ1) is 9.44. The topological polar surface area (TPSA) is 90.2 Å². The summed E-state index contributed by atoms with van der Waals surface area (Å²) in [5.41, 5.74) is 0.346. The van der Waals surface area contributed by atoms with Gasteiger partial charge in [0.25, 0.3) is 10.0 Å². The van der Waals surface area contributed by atoms with E-state index in [0.717, 1.165) is 0 Å². The number of halogens is 1. The molecule has 0 heterocycles. The number of nitriles is 1. The number of rotatable bonds is 3. The Morgan fingerprint density at radius 3 is 2.55 bits per heavy atom. The van der Waals surface area contributed by atoms with E-state index in [9.17, 15) is 13.5 Å². The molecule has 0 saturated heterocycles. The molecule has 0 radical (unpaired) electrons. The number of sulfonamides is 1. The quantitative estimate of drug-likeness (QED) is 0.912. The van der Waals surface area contributed by atoms with Gasteiger partial charge in [0.15, 0.2) is 0 Å². The summed E-state index contributed by atoms with van der Waals surface area (Å²) in [7, 11) is -3.99. The van der Waals surface area contributed by atoms with Crippen molar-refractivity contribution in [2.45, 2.75) is 4.90 Å². The van der Waals surface area contributed by atoms with Gasteiger partial charge in [0, 0.05) is 0 Å². The molecule has 0 aliphatic heterocycles. The first kappa shape index (κ1) is 14.2. The molecule has 0 aliphatic carbocycles. The summed E-state index contributed by atoms with van der Waals surface area (Å²) in [4.78, 5) is -0.265. The Morgan fingerprint density at radius 2 is 1.90 bits per heavy atom. The molecular formula is C13H9ClN2O3S. The van der Waals surface area contributed by atoms with Gasteiger partial charge in [0.2, 0.25) is 0 Å². The molecule has 2 aromatic rings. The van der Waals surface area contributed by atoms with E-state index in [0.29, 0.717) is 0 Å². The molecule has 0 spiro atoms. The zero-order valence-corrected chi connectivity index (χ0v) is 11.6. The Hall–Kier alpha value is -2.23. The van der Waals surface area contributed by atoms with Crippen LogP contribution in [0.4, 0.5) is 5.69 Å². The normalized spacial score (nSPS) is 10.8. The van der Waals surface area contributed by atoms with Crippen LogP contribution in [0.25, 0.3) is 0 Å². The van der Waals surface area contributed by atoms with Crippen molar-refractivity contribution in [1.29, 1.82) is 5.26 Å². The molecular weight excluding hydrogens is 300 g/mol. The number of nitrogens with zero attached hydrogens (tertiary/aromatic N) is 1. The summed E-state index contributed by atoms with van der Waals surface area (Å²) in [5, 5.41) is 18.5. The Morgan fingerprint density at radius 1 is 1.20 bits per heavy atom. The van der Waals surface area contributed by atoms with Crippen LogP contribution in [0.5, 0.6) is 5.75 Å². The highest BCUT2D eigenvalue weighted by Gasteiger charge is 2.19. The molecule has 0 bridgehead atoms. The van der Waals surface area contributed by atoms with Gasteiger partial charge in [0.1, 0.15) is 10.6 Å². The Labute approximate surface area is 121 Å². The second kappa shape index (κ2) is 5.41. The van der Waals surface area contributed by atoms with Crippen LogP contribution in [-0.2, 0) is 10.0 Å². The highest BCUT2D eigenvalue weighted by molar-refractivity contribution is 7.92. The third-order valence-electron chi connectivity index (χ3n) is 2.49. The van der Waals surface area contributed by atoms with Gasteiger partial charge in [0.05, 0.1) is 22.3 Å². The average Bonchev–Trinajstić information content (AvgIpc) is 2.41. The number of hydrogen-bond acceptors (Lipinski definition) is 4. The van der Waals surface area contributed by atoms with E-state index in [1.165, 1.54) is 42.5 Å². The van der Waals surface area contributed by atoms with E-state index in [4.69, 9.17) is 16.9 Å². The average molecular weight is 309 g/mol. The predicted octanol–water partition coefficient (Wildman–Crippen LogP) is 2.72. The number of phenolic OH excluding ortho intramolecular Hbond substituents is 1. The highest BCUT2D eigenvalue weighted by Crippen LogP contribution is 2.28. The molecule has 0 saturated carbocycles. The van der Waals surface area contributed by atoms with E-state index in [2.05, 4.69) is 4.72 Å². The number of anilines is 1. The lowest BCUT2D eigenvalue weighted by molar-refractivity contribution is 0.459. The molecule has 0 aromatic heterocycles. The molecule has 7 heteroatoms. The first-order valence-corrected chi connectivity index (χ1v) is 7.30. The fraction of sp³-hybridized carbons (Fsp3) is 0. The lowest BCUT2D eigenvalue weighted by Gasteiger charge is -2.10. The zero-order chi connectivity index (χ0) is 14.8. The van der Waals surface area contributed by atoms with Crippen molar-refractivity contribution in [3.05, 3.63) is 53.1 Å². The van der Waals surface area contributed by atoms with E-state index in [-0.39, 0.29) is 26.9 Å². The minimum Gasteiger partial charge on any atom is -0.507 e. The van der Waals surface area contributed by atoms with E-state index in [1.54, 1.807) is 0 Å². The Bertz CT molecular complexity index is 798. The van der Waals surface area contributed by atoms with Crippen LogP contribution in [0.3, 0.4) is 0 Å². The number of phenols is 1. The summed E-state index contributed by atoms with van der Waals surface area (Å²) < 4.78 is 26.6. The van der Waals surface area contributed by atoms with Gasteiger partial charge in [-0.25, -0.2) is 8.42 Å². The maximum absolute atomic E-state index is 12.2. The van der Waals surface area contributed by atoms with Crippen LogP contribution in [0.2, 0.25) is 5.02 Å². The molecule has 0 aliphatic rings. The lowest BCUT2D eigenvalue weighted by Crippen LogP contribution is -2.13. The summed E-state index contributed by atoms with van der Waals surface area (Å²) >= 11 is 5.89. The van der Waals surface area contributed by atoms with Crippen molar-refractivity contribution in [2.24, 2.45) is 0 Å². The maximum Gasteiger partial charge on any atom is 0.265 e. The molecule has 0 atom stereocenters. The predicted molar refractivity (Wildman–Crippen MR) is 75.1 cm³/mol. The van der Waals surface area contributed by atoms with Crippen LogP contribution < -0.4 is 4.72 Å². The van der Waals surface area contributed by atoms with Gasteiger partial charge in [-0.05, 0) is 30.3 Å². The molecule has 5 nitrogen and oxygen atoms in total. The molecule has 0 amide bonds. The van der Waals surface area contributed by atoms with Gasteiger partial charge in [-0.2, -0.15) is 5.26 Å². The molecule has 0 unspecified atom stereocenters. The zero-order valence-electron chi connectivity index (χ0n) is 10.0. The largest absolute Gasteiger partial charge is 0.507 e. The van der Waals surface area contributed by atoms with Gasteiger partial charge >= 0.3 is 0 Å². The molecule has 20 heavy (non-hydrogen) atoms. The third kappa shape index (κ3) is 2.85. The fourth-order valence-electron chi connectivity index (χ4n) is 1.56. The van der Waals surface area contributed by atoms with Crippen LogP contribution in [0, 0.1) is 11.3 Å². The van der Waals surface area contributed by atoms with E-state index >= 15 is 0 Å². The SMILES string of the molecule is N#Cc1ccc(Cl)c(NS(=O)(=O)c2ccccc2O)c1. The number of para-hydroxylation sites is 1. The van der Waals surface area contributed by atoms with Crippen molar-refractivity contribution in [3.8, 4) is 11.8 Å². The summed E-state index contributed by atoms with van der Waals surface area (Å²) in [6.07, 6.45) is 0. The molecule has 0 fully saturated rings. The third-order valence-corrected chi connectivity index (χ3v) is 4.24. The minimum absolute atomic E-state index is 0.0777. The molecule has 2 aromatic carbocycles. The smallest absolute Gasteiger partial charge is 0.265 e. The van der Waals surface area contributed by atoms with Crippen LogP contribution >= 0.6 is 11.6 Å². The van der Waals surface area contributed by atoms with Gasteiger partial charge in [-0.1, -0.05) is 23.7 Å². The van der Waals surface area contributed by atoms with Crippen molar-refractivity contribution in [3.63, 3.8) is 0 Å². The van der Waals surface area contributed by atoms with Crippen LogP contribution in [0.1, 0.15) is 5.56 Å². The summed E-state index contributed by atoms with van der Waals surface area (Å²) in [6, 6.07) is 11.6. The van der Waals surface area contributed by atoms with E-state index < -0.39 is 10.0 Å². The van der Waals surface area contributed by atoms with Crippen LogP contribution in [0.15, 0.2) is 47.4 Å². The summed E-state index contributed by atoms with van der Waals surface area (Å²) in [6.45, 7) is 0. The highest BCUT2D eigenvalue weighted by atomic mass is 35.5. The molecule has 102 valence electrons. The maximum atomic E-state index is 12.2. The van der Waals surface area contributed by atoms with Gasteiger partial charge in [-0.3, -0.25) is 4.72 Å².